The van der Waals surface area contributed by atoms with Crippen molar-refractivity contribution in [2.24, 2.45) is 5.92 Å². The first-order valence-corrected chi connectivity index (χ1v) is 10.4. The predicted octanol–water partition coefficient (Wildman–Crippen LogP) is 7.54. The number of rotatable bonds is 8. The van der Waals surface area contributed by atoms with Crippen LogP contribution in [0.1, 0.15) is 75.3 Å². The molecule has 0 saturated heterocycles. The van der Waals surface area contributed by atoms with E-state index in [-0.39, 0.29) is 12.4 Å². The van der Waals surface area contributed by atoms with Gasteiger partial charge >= 0.3 is 0 Å². The molecule has 1 aliphatic rings. The smallest absolute Gasteiger partial charge is 0.168 e. The SMILES string of the molecule is CCCCC[C@H]1CC[C@H](c2ccc(COc3cc(F)c(F)cc3F)cc2)CC1. The second-order valence-electron chi connectivity index (χ2n) is 7.94. The molecule has 0 heterocycles. The van der Waals surface area contributed by atoms with Crippen molar-refractivity contribution < 1.29 is 17.9 Å². The molecule has 0 atom stereocenters. The van der Waals surface area contributed by atoms with Gasteiger partial charge in [-0.05, 0) is 48.6 Å². The third-order valence-corrected chi connectivity index (χ3v) is 5.88. The normalized spacial score (nSPS) is 19.6. The Morgan fingerprint density at radius 1 is 0.857 bits per heavy atom. The van der Waals surface area contributed by atoms with Crippen molar-refractivity contribution in [3.63, 3.8) is 0 Å². The van der Waals surface area contributed by atoms with Gasteiger partial charge in [0.05, 0.1) is 0 Å². The maximum absolute atomic E-state index is 13.6. The Hall–Kier alpha value is -1.97. The zero-order valence-corrected chi connectivity index (χ0v) is 16.5. The fraction of sp³-hybridized carbons (Fsp3) is 0.500. The molecule has 1 nitrogen and oxygen atoms in total. The van der Waals surface area contributed by atoms with Gasteiger partial charge < -0.3 is 4.74 Å². The van der Waals surface area contributed by atoms with Crippen molar-refractivity contribution in [3.05, 3.63) is 65.0 Å². The molecule has 2 aromatic rings. The van der Waals surface area contributed by atoms with E-state index in [1.807, 2.05) is 12.1 Å². The van der Waals surface area contributed by atoms with E-state index in [2.05, 4.69) is 19.1 Å². The number of benzene rings is 2. The van der Waals surface area contributed by atoms with Crippen molar-refractivity contribution in [1.82, 2.24) is 0 Å². The van der Waals surface area contributed by atoms with Crippen LogP contribution in [0.15, 0.2) is 36.4 Å². The van der Waals surface area contributed by atoms with Gasteiger partial charge in [0.1, 0.15) is 6.61 Å². The van der Waals surface area contributed by atoms with Gasteiger partial charge in [0.2, 0.25) is 0 Å². The van der Waals surface area contributed by atoms with E-state index < -0.39 is 17.5 Å². The van der Waals surface area contributed by atoms with E-state index in [1.165, 1.54) is 56.9 Å². The highest BCUT2D eigenvalue weighted by Crippen LogP contribution is 2.37. The first-order chi connectivity index (χ1) is 13.6. The van der Waals surface area contributed by atoms with Crippen LogP contribution in [0.3, 0.4) is 0 Å². The predicted molar refractivity (Wildman–Crippen MR) is 106 cm³/mol. The number of halogens is 3. The van der Waals surface area contributed by atoms with Crippen LogP contribution in [0.4, 0.5) is 13.2 Å². The zero-order valence-electron chi connectivity index (χ0n) is 16.5. The number of unbranched alkanes of at least 4 members (excludes halogenated alkanes) is 2. The molecule has 1 fully saturated rings. The summed E-state index contributed by atoms with van der Waals surface area (Å²) in [5, 5.41) is 0. The summed E-state index contributed by atoms with van der Waals surface area (Å²) in [6.07, 6.45) is 10.5. The molecule has 1 saturated carbocycles. The van der Waals surface area contributed by atoms with E-state index in [1.54, 1.807) is 0 Å². The van der Waals surface area contributed by atoms with Crippen molar-refractivity contribution in [1.29, 1.82) is 0 Å². The zero-order chi connectivity index (χ0) is 19.9. The van der Waals surface area contributed by atoms with E-state index in [0.717, 1.165) is 17.5 Å². The average molecular weight is 390 g/mol. The van der Waals surface area contributed by atoms with Crippen molar-refractivity contribution in [2.45, 2.75) is 70.8 Å². The summed E-state index contributed by atoms with van der Waals surface area (Å²) >= 11 is 0. The topological polar surface area (TPSA) is 9.23 Å². The number of ether oxygens (including phenoxy) is 1. The van der Waals surface area contributed by atoms with Crippen LogP contribution in [-0.4, -0.2) is 0 Å². The first kappa shape index (κ1) is 20.8. The summed E-state index contributed by atoms with van der Waals surface area (Å²) < 4.78 is 45.2. The van der Waals surface area contributed by atoms with E-state index in [9.17, 15) is 13.2 Å². The van der Waals surface area contributed by atoms with Gasteiger partial charge in [0.15, 0.2) is 23.2 Å². The van der Waals surface area contributed by atoms with Gasteiger partial charge in [0.25, 0.3) is 0 Å². The molecule has 4 heteroatoms. The lowest BCUT2D eigenvalue weighted by atomic mass is 9.77. The lowest BCUT2D eigenvalue weighted by molar-refractivity contribution is 0.286. The standard InChI is InChI=1S/C24H29F3O/c1-2-3-4-5-17-6-10-19(11-7-17)20-12-8-18(9-13-20)16-28-24-15-22(26)21(25)14-23(24)27/h8-9,12-15,17,19H,2-7,10-11,16H2,1H3/t17-,19-. The molecule has 0 aliphatic heterocycles. The minimum Gasteiger partial charge on any atom is -0.486 e. The Labute approximate surface area is 165 Å². The highest BCUT2D eigenvalue weighted by molar-refractivity contribution is 5.28. The number of hydrogen-bond acceptors (Lipinski definition) is 1. The van der Waals surface area contributed by atoms with Crippen LogP contribution in [0.5, 0.6) is 5.75 Å². The average Bonchev–Trinajstić information content (AvgIpc) is 2.71. The Bertz CT molecular complexity index is 749. The van der Waals surface area contributed by atoms with E-state index in [4.69, 9.17) is 4.74 Å². The molecule has 0 radical (unpaired) electrons. The van der Waals surface area contributed by atoms with Crippen molar-refractivity contribution in [3.8, 4) is 5.75 Å². The Morgan fingerprint density at radius 3 is 2.21 bits per heavy atom. The molecule has 0 aromatic heterocycles. The highest BCUT2D eigenvalue weighted by Gasteiger charge is 2.22. The molecule has 0 unspecified atom stereocenters. The summed E-state index contributed by atoms with van der Waals surface area (Å²) in [6.45, 7) is 2.37. The molecule has 1 aliphatic carbocycles. The van der Waals surface area contributed by atoms with Crippen LogP contribution < -0.4 is 4.74 Å². The van der Waals surface area contributed by atoms with Crippen LogP contribution in [-0.2, 0) is 6.61 Å². The Balaban J connectivity index is 1.50. The van der Waals surface area contributed by atoms with E-state index >= 15 is 0 Å². The molecule has 28 heavy (non-hydrogen) atoms. The fourth-order valence-corrected chi connectivity index (χ4v) is 4.13. The second-order valence-corrected chi connectivity index (χ2v) is 7.94. The van der Waals surface area contributed by atoms with Crippen LogP contribution in [0.25, 0.3) is 0 Å². The van der Waals surface area contributed by atoms with Crippen molar-refractivity contribution in [2.75, 3.05) is 0 Å². The quantitative estimate of drug-likeness (QED) is 0.334. The van der Waals surface area contributed by atoms with Gasteiger partial charge in [-0.15, -0.1) is 0 Å². The maximum atomic E-state index is 13.6. The summed E-state index contributed by atoms with van der Waals surface area (Å²) in [5.74, 6) is -2.00. The maximum Gasteiger partial charge on any atom is 0.168 e. The third kappa shape index (κ3) is 5.52. The fourth-order valence-electron chi connectivity index (χ4n) is 4.13. The summed E-state index contributed by atoms with van der Waals surface area (Å²) in [6, 6.07) is 9.43. The molecule has 2 aromatic carbocycles. The molecular weight excluding hydrogens is 361 g/mol. The van der Waals surface area contributed by atoms with Gasteiger partial charge in [-0.1, -0.05) is 56.9 Å². The van der Waals surface area contributed by atoms with Crippen LogP contribution >= 0.6 is 0 Å². The van der Waals surface area contributed by atoms with Gasteiger partial charge in [-0.2, -0.15) is 0 Å². The number of hydrogen-bond donors (Lipinski definition) is 0. The molecule has 0 amide bonds. The molecule has 3 rings (SSSR count). The van der Waals surface area contributed by atoms with Crippen molar-refractivity contribution >= 4 is 0 Å². The molecule has 152 valence electrons. The third-order valence-electron chi connectivity index (χ3n) is 5.88. The highest BCUT2D eigenvalue weighted by atomic mass is 19.2. The minimum atomic E-state index is -1.21. The van der Waals surface area contributed by atoms with Gasteiger partial charge in [-0.3, -0.25) is 0 Å². The largest absolute Gasteiger partial charge is 0.486 e. The van der Waals surface area contributed by atoms with Crippen LogP contribution in [0, 0.1) is 23.4 Å². The molecule has 0 N–H and O–H groups in total. The Morgan fingerprint density at radius 2 is 1.54 bits per heavy atom. The van der Waals surface area contributed by atoms with E-state index in [0.29, 0.717) is 12.0 Å². The monoisotopic (exact) mass is 390 g/mol. The van der Waals surface area contributed by atoms with Crippen LogP contribution in [0.2, 0.25) is 0 Å². The Kier molecular flexibility index (Phi) is 7.41. The minimum absolute atomic E-state index is 0.118. The molecule has 0 bridgehead atoms. The molecule has 0 spiro atoms. The molecular formula is C24H29F3O. The lowest BCUT2D eigenvalue weighted by Gasteiger charge is -2.29. The second kappa shape index (κ2) is 9.99. The summed E-state index contributed by atoms with van der Waals surface area (Å²) in [5.41, 5.74) is 2.22. The lowest BCUT2D eigenvalue weighted by Crippen LogP contribution is -2.13. The van der Waals surface area contributed by atoms with Gasteiger partial charge in [0, 0.05) is 12.1 Å². The van der Waals surface area contributed by atoms with Gasteiger partial charge in [-0.25, -0.2) is 13.2 Å². The summed E-state index contributed by atoms with van der Waals surface area (Å²) in [4.78, 5) is 0. The summed E-state index contributed by atoms with van der Waals surface area (Å²) in [7, 11) is 0. The first-order valence-electron chi connectivity index (χ1n) is 10.4.